The number of aromatic nitrogens is 1. The van der Waals surface area contributed by atoms with Crippen molar-refractivity contribution in [3.63, 3.8) is 0 Å². The van der Waals surface area contributed by atoms with E-state index in [1.54, 1.807) is 0 Å². The van der Waals surface area contributed by atoms with Crippen LogP contribution in [0.4, 0.5) is 0 Å². The second-order valence-corrected chi connectivity index (χ2v) is 14.4. The molecule has 0 spiro atoms. The molecular weight excluding hydrogens is 655 g/mol. The van der Waals surface area contributed by atoms with Crippen LogP contribution in [0, 0.1) is 0 Å². The molecule has 2 aliphatic carbocycles. The molecule has 2 heterocycles. The lowest BCUT2D eigenvalue weighted by Crippen LogP contribution is -1.98. The molecule has 2 nitrogen and oxygen atoms in total. The van der Waals surface area contributed by atoms with Crippen LogP contribution in [-0.4, -0.2) is 4.57 Å². The standard InChI is InChI=1S/C52H35NO/c1-3-39-44-29-34(35-23-25-49-46(30-35)52-43-21-13-20-42-40-18-11-12-19-41(40)45(51(42)43)31-50(52)54-49)22-24-48(44)53(47(39)4-2)38-27-36(32-14-7-5-8-15-32)26-37(28-38)33-16-9-6-10-17-33/h3-11,13-18,20-31H,1-2,12,19H2. The van der Waals surface area contributed by atoms with E-state index >= 15 is 0 Å². The second kappa shape index (κ2) is 11.8. The first-order chi connectivity index (χ1) is 26.7. The molecule has 2 heteroatoms. The molecule has 9 aromatic rings. The number of hydrogen-bond donors (Lipinski definition) is 0. The van der Waals surface area contributed by atoms with Crippen molar-refractivity contribution in [3.05, 3.63) is 187 Å². The van der Waals surface area contributed by atoms with E-state index in [4.69, 9.17) is 4.42 Å². The van der Waals surface area contributed by atoms with Gasteiger partial charge >= 0.3 is 0 Å². The van der Waals surface area contributed by atoms with Crippen LogP contribution in [0.2, 0.25) is 0 Å². The second-order valence-electron chi connectivity index (χ2n) is 14.4. The Morgan fingerprint density at radius 2 is 1.26 bits per heavy atom. The third-order valence-corrected chi connectivity index (χ3v) is 11.5. The van der Waals surface area contributed by atoms with E-state index in [1.807, 2.05) is 12.2 Å². The van der Waals surface area contributed by atoms with Gasteiger partial charge in [0.1, 0.15) is 11.2 Å². The van der Waals surface area contributed by atoms with E-state index in [2.05, 4.69) is 169 Å². The van der Waals surface area contributed by atoms with Crippen molar-refractivity contribution in [1.82, 2.24) is 4.57 Å². The summed E-state index contributed by atoms with van der Waals surface area (Å²) in [6.45, 7) is 8.59. The molecule has 0 saturated heterocycles. The molecular formula is C52H35NO. The summed E-state index contributed by atoms with van der Waals surface area (Å²) in [7, 11) is 0. The molecule has 0 unspecified atom stereocenters. The highest BCUT2D eigenvalue weighted by Gasteiger charge is 2.27. The van der Waals surface area contributed by atoms with Crippen molar-refractivity contribution in [2.45, 2.75) is 12.8 Å². The van der Waals surface area contributed by atoms with Crippen molar-refractivity contribution in [2.75, 3.05) is 0 Å². The van der Waals surface area contributed by atoms with Gasteiger partial charge in [-0.3, -0.25) is 0 Å². The monoisotopic (exact) mass is 689 g/mol. The smallest absolute Gasteiger partial charge is 0.136 e. The number of allylic oxidation sites excluding steroid dienone is 4. The van der Waals surface area contributed by atoms with Crippen LogP contribution < -0.4 is 0 Å². The first-order valence-electron chi connectivity index (χ1n) is 18.7. The minimum Gasteiger partial charge on any atom is -0.456 e. The molecule has 54 heavy (non-hydrogen) atoms. The highest BCUT2D eigenvalue weighted by atomic mass is 16.3. The van der Waals surface area contributed by atoms with Crippen LogP contribution >= 0.6 is 0 Å². The molecule has 0 aliphatic heterocycles. The quantitative estimate of drug-likeness (QED) is 0.170. The Balaban J connectivity index is 1.09. The minimum atomic E-state index is 0.913. The van der Waals surface area contributed by atoms with Gasteiger partial charge < -0.3 is 8.98 Å². The fourth-order valence-corrected chi connectivity index (χ4v) is 9.13. The summed E-state index contributed by atoms with van der Waals surface area (Å²) in [5.74, 6) is 0. The van der Waals surface area contributed by atoms with Gasteiger partial charge in [0, 0.05) is 27.4 Å². The molecule has 0 bridgehead atoms. The summed E-state index contributed by atoms with van der Waals surface area (Å²) >= 11 is 0. The lowest BCUT2D eigenvalue weighted by atomic mass is 9.94. The molecule has 0 radical (unpaired) electrons. The van der Waals surface area contributed by atoms with Gasteiger partial charge in [-0.05, 0) is 134 Å². The molecule has 7 aromatic carbocycles. The highest BCUT2D eigenvalue weighted by molar-refractivity contribution is 6.27. The first-order valence-corrected chi connectivity index (χ1v) is 18.7. The van der Waals surface area contributed by atoms with Gasteiger partial charge in [0.05, 0.1) is 11.2 Å². The topological polar surface area (TPSA) is 18.1 Å². The van der Waals surface area contributed by atoms with E-state index in [0.717, 1.165) is 79.5 Å². The summed E-state index contributed by atoms with van der Waals surface area (Å²) in [6.07, 6.45) is 10.7. The predicted molar refractivity (Wildman–Crippen MR) is 230 cm³/mol. The zero-order valence-electron chi connectivity index (χ0n) is 29.8. The normalized spacial score (nSPS) is 13.4. The Bertz CT molecular complexity index is 3050. The van der Waals surface area contributed by atoms with Crippen molar-refractivity contribution >= 4 is 66.9 Å². The Kier molecular flexibility index (Phi) is 6.72. The van der Waals surface area contributed by atoms with Gasteiger partial charge in [-0.25, -0.2) is 0 Å². The van der Waals surface area contributed by atoms with Crippen molar-refractivity contribution in [1.29, 1.82) is 0 Å². The maximum Gasteiger partial charge on any atom is 0.136 e. The number of hydrogen-bond acceptors (Lipinski definition) is 1. The van der Waals surface area contributed by atoms with E-state index in [1.165, 1.54) is 49.6 Å². The summed E-state index contributed by atoms with van der Waals surface area (Å²) < 4.78 is 8.93. The van der Waals surface area contributed by atoms with Gasteiger partial charge in [0.2, 0.25) is 0 Å². The maximum atomic E-state index is 6.60. The first kappa shape index (κ1) is 30.7. The zero-order chi connectivity index (χ0) is 35.9. The Hall–Kier alpha value is -6.90. The largest absolute Gasteiger partial charge is 0.456 e. The molecule has 0 N–H and O–H groups in total. The number of fused-ring (bicyclic) bond motifs is 7. The van der Waals surface area contributed by atoms with E-state index in [0.29, 0.717) is 0 Å². The van der Waals surface area contributed by atoms with Gasteiger partial charge in [-0.2, -0.15) is 0 Å². The number of furan rings is 1. The summed E-state index contributed by atoms with van der Waals surface area (Å²) in [6, 6.07) is 50.6. The summed E-state index contributed by atoms with van der Waals surface area (Å²) in [5, 5.41) is 6.10. The fraction of sp³-hybridized carbons (Fsp3) is 0.0385. The third-order valence-electron chi connectivity index (χ3n) is 11.5. The fourth-order valence-electron chi connectivity index (χ4n) is 9.13. The van der Waals surface area contributed by atoms with E-state index in [-0.39, 0.29) is 0 Å². The van der Waals surface area contributed by atoms with Crippen LogP contribution in [0.5, 0.6) is 0 Å². The minimum absolute atomic E-state index is 0.913. The third kappa shape index (κ3) is 4.47. The lowest BCUT2D eigenvalue weighted by Gasteiger charge is -2.15. The lowest BCUT2D eigenvalue weighted by molar-refractivity contribution is 0.669. The number of benzene rings is 7. The van der Waals surface area contributed by atoms with Crippen molar-refractivity contribution in [3.8, 4) is 39.1 Å². The Morgan fingerprint density at radius 1 is 0.537 bits per heavy atom. The Morgan fingerprint density at radius 3 is 1.98 bits per heavy atom. The average Bonchev–Trinajstić information content (AvgIpc) is 3.89. The average molecular weight is 690 g/mol. The van der Waals surface area contributed by atoms with E-state index < -0.39 is 0 Å². The number of nitrogens with zero attached hydrogens (tertiary/aromatic N) is 1. The maximum absolute atomic E-state index is 6.60. The van der Waals surface area contributed by atoms with Crippen LogP contribution in [0.15, 0.2) is 169 Å². The van der Waals surface area contributed by atoms with Crippen LogP contribution in [0.3, 0.4) is 0 Å². The van der Waals surface area contributed by atoms with Gasteiger partial charge in [-0.15, -0.1) is 0 Å². The SMILES string of the molecule is C=Cc1c(C=C)n(-c2cc(-c3ccccc3)cc(-c3ccccc3)c2)c2ccc(-c3ccc4oc5cc6c7c(cccc7c5c4c3)C3=C6CCC=C3)cc12. The molecule has 0 amide bonds. The predicted octanol–water partition coefficient (Wildman–Crippen LogP) is 14.5. The van der Waals surface area contributed by atoms with Crippen molar-refractivity contribution < 1.29 is 4.42 Å². The van der Waals surface area contributed by atoms with Gasteiger partial charge in [0.25, 0.3) is 0 Å². The molecule has 2 aliphatic rings. The molecule has 2 aromatic heterocycles. The molecule has 11 rings (SSSR count). The molecule has 0 saturated carbocycles. The van der Waals surface area contributed by atoms with Gasteiger partial charge in [-0.1, -0.05) is 122 Å². The summed E-state index contributed by atoms with van der Waals surface area (Å²) in [5.41, 5.74) is 18.6. The summed E-state index contributed by atoms with van der Waals surface area (Å²) in [4.78, 5) is 0. The molecule has 0 fully saturated rings. The van der Waals surface area contributed by atoms with Gasteiger partial charge in [0.15, 0.2) is 0 Å². The Labute approximate surface area is 313 Å². The highest BCUT2D eigenvalue weighted by Crippen LogP contribution is 2.50. The number of rotatable bonds is 6. The van der Waals surface area contributed by atoms with Crippen molar-refractivity contribution in [2.24, 2.45) is 0 Å². The molecule has 0 atom stereocenters. The van der Waals surface area contributed by atoms with Crippen LogP contribution in [0.1, 0.15) is 35.2 Å². The van der Waals surface area contributed by atoms with Crippen LogP contribution in [0.25, 0.3) is 106 Å². The molecule has 254 valence electrons. The van der Waals surface area contributed by atoms with Crippen LogP contribution in [-0.2, 0) is 0 Å². The van der Waals surface area contributed by atoms with E-state index in [9.17, 15) is 0 Å². The zero-order valence-corrected chi connectivity index (χ0v) is 29.8.